The molecule has 3 amide bonds. The van der Waals surface area contributed by atoms with Crippen molar-refractivity contribution < 1.29 is 14.4 Å². The second-order valence-electron chi connectivity index (χ2n) is 5.32. The topological polar surface area (TPSA) is 66.5 Å². The Morgan fingerprint density at radius 1 is 1.00 bits per heavy atom. The number of imide groups is 1. The van der Waals surface area contributed by atoms with Crippen LogP contribution in [-0.4, -0.2) is 22.7 Å². The fourth-order valence-corrected chi connectivity index (χ4v) is 3.03. The van der Waals surface area contributed by atoms with Gasteiger partial charge in [-0.25, -0.2) is 0 Å². The molecule has 104 valence electrons. The molecule has 5 heteroatoms. The molecule has 2 atom stereocenters. The van der Waals surface area contributed by atoms with Gasteiger partial charge in [0.25, 0.3) is 17.7 Å². The van der Waals surface area contributed by atoms with E-state index in [1.807, 2.05) is 0 Å². The predicted molar refractivity (Wildman–Crippen MR) is 71.2 cm³/mol. The first-order valence-corrected chi connectivity index (χ1v) is 6.92. The molecule has 1 aromatic rings. The molecule has 0 bridgehead atoms. The number of benzene rings is 1. The van der Waals surface area contributed by atoms with Crippen LogP contribution in [0.4, 0.5) is 0 Å². The van der Waals surface area contributed by atoms with E-state index in [9.17, 15) is 14.4 Å². The van der Waals surface area contributed by atoms with Crippen molar-refractivity contribution in [2.45, 2.75) is 25.7 Å². The Hall–Kier alpha value is -2.17. The summed E-state index contributed by atoms with van der Waals surface area (Å²) in [6, 6.07) is 8.57. The zero-order valence-electron chi connectivity index (χ0n) is 11.0. The molecular weight excluding hydrogens is 256 g/mol. The van der Waals surface area contributed by atoms with E-state index in [1.54, 1.807) is 30.3 Å². The van der Waals surface area contributed by atoms with Crippen LogP contribution in [0.25, 0.3) is 0 Å². The standard InChI is InChI=1S/C15H16N2O3/c18-13(10-6-2-1-3-7-10)16-17-14(19)11-8-4-5-9-12(11)15(17)20/h1-3,6-7,11-12H,4-5,8-9H2,(H,16,18)/t11-,12-/m1/s1. The van der Waals surface area contributed by atoms with E-state index in [-0.39, 0.29) is 23.7 Å². The van der Waals surface area contributed by atoms with Gasteiger partial charge in [-0.3, -0.25) is 19.8 Å². The molecule has 0 unspecified atom stereocenters. The Morgan fingerprint density at radius 2 is 1.55 bits per heavy atom. The minimum absolute atomic E-state index is 0.243. The van der Waals surface area contributed by atoms with Crippen LogP contribution < -0.4 is 5.43 Å². The predicted octanol–water partition coefficient (Wildman–Crippen LogP) is 1.51. The molecule has 0 spiro atoms. The Balaban J connectivity index is 1.76. The number of hydrogen-bond acceptors (Lipinski definition) is 3. The highest BCUT2D eigenvalue weighted by Crippen LogP contribution is 2.37. The highest BCUT2D eigenvalue weighted by Gasteiger charge is 2.49. The number of nitrogens with one attached hydrogen (secondary N) is 1. The molecule has 0 aromatic heterocycles. The zero-order chi connectivity index (χ0) is 14.1. The molecule has 1 aliphatic heterocycles. The van der Waals surface area contributed by atoms with Crippen molar-refractivity contribution in [3.05, 3.63) is 35.9 Å². The van der Waals surface area contributed by atoms with E-state index in [1.165, 1.54) is 0 Å². The van der Waals surface area contributed by atoms with Gasteiger partial charge < -0.3 is 0 Å². The fraction of sp³-hybridized carbons (Fsp3) is 0.400. The van der Waals surface area contributed by atoms with Gasteiger partial charge in [0.05, 0.1) is 11.8 Å². The van der Waals surface area contributed by atoms with Crippen LogP contribution in [0.5, 0.6) is 0 Å². The fourth-order valence-electron chi connectivity index (χ4n) is 3.03. The lowest BCUT2D eigenvalue weighted by Gasteiger charge is -2.19. The summed E-state index contributed by atoms with van der Waals surface area (Å²) in [4.78, 5) is 36.5. The van der Waals surface area contributed by atoms with Crippen molar-refractivity contribution in [1.29, 1.82) is 0 Å². The van der Waals surface area contributed by atoms with Crippen LogP contribution in [0, 0.1) is 11.8 Å². The SMILES string of the molecule is O=C(NN1C(=O)[C@@H]2CCCC[C@H]2C1=O)c1ccccc1. The van der Waals surface area contributed by atoms with E-state index in [2.05, 4.69) is 5.43 Å². The first-order valence-electron chi connectivity index (χ1n) is 6.92. The molecule has 1 N–H and O–H groups in total. The van der Waals surface area contributed by atoms with Crippen LogP contribution in [0.2, 0.25) is 0 Å². The second-order valence-corrected chi connectivity index (χ2v) is 5.32. The Morgan fingerprint density at radius 3 is 2.10 bits per heavy atom. The molecule has 20 heavy (non-hydrogen) atoms. The van der Waals surface area contributed by atoms with Crippen molar-refractivity contribution in [2.75, 3.05) is 0 Å². The van der Waals surface area contributed by atoms with Crippen molar-refractivity contribution in [3.63, 3.8) is 0 Å². The summed E-state index contributed by atoms with van der Waals surface area (Å²) in [6.07, 6.45) is 3.43. The van der Waals surface area contributed by atoms with Crippen molar-refractivity contribution >= 4 is 17.7 Å². The summed E-state index contributed by atoms with van der Waals surface area (Å²) in [5.74, 6) is -1.43. The molecule has 1 heterocycles. The van der Waals surface area contributed by atoms with Crippen LogP contribution in [0.1, 0.15) is 36.0 Å². The number of carbonyl (C=O) groups excluding carboxylic acids is 3. The molecule has 1 saturated carbocycles. The van der Waals surface area contributed by atoms with Crippen molar-refractivity contribution in [1.82, 2.24) is 10.4 Å². The number of nitrogens with zero attached hydrogens (tertiary/aromatic N) is 1. The van der Waals surface area contributed by atoms with Crippen LogP contribution in [0.15, 0.2) is 30.3 Å². The van der Waals surface area contributed by atoms with Gasteiger partial charge in [0, 0.05) is 5.56 Å². The molecule has 1 saturated heterocycles. The Labute approximate surface area is 116 Å². The molecular formula is C15H16N2O3. The maximum Gasteiger partial charge on any atom is 0.270 e. The van der Waals surface area contributed by atoms with Crippen LogP contribution >= 0.6 is 0 Å². The molecule has 5 nitrogen and oxygen atoms in total. The lowest BCUT2D eigenvalue weighted by molar-refractivity contribution is -0.142. The smallest absolute Gasteiger partial charge is 0.270 e. The third kappa shape index (κ3) is 2.09. The summed E-state index contributed by atoms with van der Waals surface area (Å²) in [5, 5.41) is 0.927. The third-order valence-electron chi connectivity index (χ3n) is 4.09. The van der Waals surface area contributed by atoms with Gasteiger partial charge >= 0.3 is 0 Å². The van der Waals surface area contributed by atoms with E-state index in [0.29, 0.717) is 5.56 Å². The highest BCUT2D eigenvalue weighted by molar-refractivity contribution is 6.07. The van der Waals surface area contributed by atoms with E-state index in [0.717, 1.165) is 30.7 Å². The van der Waals surface area contributed by atoms with Crippen LogP contribution in [-0.2, 0) is 9.59 Å². The molecule has 0 radical (unpaired) electrons. The van der Waals surface area contributed by atoms with Gasteiger partial charge in [0.1, 0.15) is 0 Å². The van der Waals surface area contributed by atoms with Gasteiger partial charge in [0.15, 0.2) is 0 Å². The molecule has 1 aliphatic carbocycles. The average Bonchev–Trinajstić information content (AvgIpc) is 2.74. The number of hydrazine groups is 1. The summed E-state index contributed by atoms with van der Waals surface area (Å²) in [7, 11) is 0. The van der Waals surface area contributed by atoms with Gasteiger partial charge in [0.2, 0.25) is 0 Å². The lowest BCUT2D eigenvalue weighted by Crippen LogP contribution is -2.46. The first kappa shape index (κ1) is 12.8. The normalized spacial score (nSPS) is 25.5. The van der Waals surface area contributed by atoms with Gasteiger partial charge in [-0.1, -0.05) is 31.0 Å². The number of fused-ring (bicyclic) bond motifs is 1. The average molecular weight is 272 g/mol. The largest absolute Gasteiger partial charge is 0.272 e. The van der Waals surface area contributed by atoms with E-state index < -0.39 is 5.91 Å². The van der Waals surface area contributed by atoms with Crippen LogP contribution in [0.3, 0.4) is 0 Å². The highest BCUT2D eigenvalue weighted by atomic mass is 16.2. The first-order chi connectivity index (χ1) is 9.68. The van der Waals surface area contributed by atoms with Gasteiger partial charge in [-0.05, 0) is 25.0 Å². The van der Waals surface area contributed by atoms with Crippen molar-refractivity contribution in [3.8, 4) is 0 Å². The molecule has 3 rings (SSSR count). The summed E-state index contributed by atoms with van der Waals surface area (Å²) in [5.41, 5.74) is 2.88. The second kappa shape index (κ2) is 5.07. The van der Waals surface area contributed by atoms with E-state index >= 15 is 0 Å². The maximum atomic E-state index is 12.2. The molecule has 2 aliphatic rings. The summed E-state index contributed by atoms with van der Waals surface area (Å²) in [6.45, 7) is 0. The minimum Gasteiger partial charge on any atom is -0.272 e. The zero-order valence-corrected chi connectivity index (χ0v) is 11.0. The maximum absolute atomic E-state index is 12.2. The van der Waals surface area contributed by atoms with Gasteiger partial charge in [-0.2, -0.15) is 5.01 Å². The van der Waals surface area contributed by atoms with E-state index in [4.69, 9.17) is 0 Å². The Kier molecular flexibility index (Phi) is 3.26. The number of amides is 3. The number of rotatable bonds is 2. The van der Waals surface area contributed by atoms with Crippen molar-refractivity contribution in [2.24, 2.45) is 11.8 Å². The minimum atomic E-state index is -0.425. The molecule has 1 aromatic carbocycles. The summed E-state index contributed by atoms with van der Waals surface area (Å²) < 4.78 is 0. The van der Waals surface area contributed by atoms with Gasteiger partial charge in [-0.15, -0.1) is 0 Å². The molecule has 2 fully saturated rings. The number of hydrogen-bond donors (Lipinski definition) is 1. The monoisotopic (exact) mass is 272 g/mol. The third-order valence-corrected chi connectivity index (χ3v) is 4.09. The number of carbonyl (C=O) groups is 3. The quantitative estimate of drug-likeness (QED) is 0.830. The lowest BCUT2D eigenvalue weighted by atomic mass is 9.81. The summed E-state index contributed by atoms with van der Waals surface area (Å²) >= 11 is 0. The Bertz CT molecular complexity index is 531.